The van der Waals surface area contributed by atoms with Gasteiger partial charge in [-0.25, -0.2) is 4.79 Å². The van der Waals surface area contributed by atoms with Crippen LogP contribution >= 0.6 is 0 Å². The van der Waals surface area contributed by atoms with Gasteiger partial charge in [0.25, 0.3) is 0 Å². The molecule has 0 saturated carbocycles. The highest BCUT2D eigenvalue weighted by Crippen LogP contribution is 2.39. The van der Waals surface area contributed by atoms with E-state index in [0.29, 0.717) is 18.7 Å². The van der Waals surface area contributed by atoms with E-state index >= 15 is 0 Å². The van der Waals surface area contributed by atoms with Gasteiger partial charge in [0.15, 0.2) is 0 Å². The molecule has 1 heterocycles. The number of methoxy groups -OCH3 is 2. The quantitative estimate of drug-likeness (QED) is 0.787. The minimum atomic E-state index is -0.153. The topological polar surface area (TPSA) is 71.1 Å². The molecule has 0 aliphatic carbocycles. The van der Waals surface area contributed by atoms with Gasteiger partial charge in [-0.05, 0) is 48.7 Å². The van der Waals surface area contributed by atoms with E-state index in [1.165, 1.54) is 0 Å². The summed E-state index contributed by atoms with van der Waals surface area (Å²) in [6, 6.07) is 12.8. The van der Waals surface area contributed by atoms with Crippen LogP contribution in [-0.2, 0) is 11.2 Å². The first-order valence-electron chi connectivity index (χ1n) is 10.0. The molecule has 1 aliphatic heterocycles. The molecular weight excluding hydrogens is 382 g/mol. The normalized spacial score (nSPS) is 15.6. The van der Waals surface area contributed by atoms with Gasteiger partial charge in [-0.1, -0.05) is 12.1 Å². The van der Waals surface area contributed by atoms with Gasteiger partial charge in [0.1, 0.15) is 11.5 Å². The summed E-state index contributed by atoms with van der Waals surface area (Å²) in [6.07, 6.45) is 2.12. The molecule has 3 rings (SSSR count). The molecule has 30 heavy (non-hydrogen) atoms. The van der Waals surface area contributed by atoms with Crippen molar-refractivity contribution in [2.45, 2.75) is 25.3 Å². The van der Waals surface area contributed by atoms with Gasteiger partial charge < -0.3 is 24.6 Å². The minimum Gasteiger partial charge on any atom is -0.497 e. The molecule has 7 nitrogen and oxygen atoms in total. The molecule has 1 atom stereocenters. The van der Waals surface area contributed by atoms with Crippen molar-refractivity contribution >= 4 is 17.6 Å². The maximum absolute atomic E-state index is 13.0. The average Bonchev–Trinajstić information content (AvgIpc) is 3.24. The number of nitrogens with one attached hydrogen (secondary N) is 1. The molecule has 160 valence electrons. The first kappa shape index (κ1) is 21.5. The molecule has 0 radical (unpaired) electrons. The Balaban J connectivity index is 1.71. The number of ether oxygens (including phenoxy) is 2. The highest BCUT2D eigenvalue weighted by molar-refractivity contribution is 5.90. The number of carbonyl (C=O) groups excluding carboxylic acids is 2. The Hall–Kier alpha value is -3.22. The molecule has 1 saturated heterocycles. The maximum atomic E-state index is 13.0. The van der Waals surface area contributed by atoms with Crippen LogP contribution in [0.1, 0.15) is 30.0 Å². The number of urea groups is 1. The van der Waals surface area contributed by atoms with Crippen molar-refractivity contribution in [1.82, 2.24) is 9.80 Å². The van der Waals surface area contributed by atoms with Gasteiger partial charge >= 0.3 is 6.03 Å². The van der Waals surface area contributed by atoms with E-state index in [9.17, 15) is 9.59 Å². The van der Waals surface area contributed by atoms with Gasteiger partial charge in [-0.15, -0.1) is 0 Å². The second-order valence-electron chi connectivity index (χ2n) is 7.55. The number of hydrogen-bond donors (Lipinski definition) is 1. The highest BCUT2D eigenvalue weighted by atomic mass is 16.5. The Bertz CT molecular complexity index is 896. The van der Waals surface area contributed by atoms with Crippen LogP contribution in [0.3, 0.4) is 0 Å². The molecule has 3 amide bonds. The molecule has 2 aromatic rings. The summed E-state index contributed by atoms with van der Waals surface area (Å²) >= 11 is 0. The summed E-state index contributed by atoms with van der Waals surface area (Å²) in [5.41, 5.74) is 2.55. The Morgan fingerprint density at radius 3 is 2.47 bits per heavy atom. The van der Waals surface area contributed by atoms with Crippen molar-refractivity contribution in [1.29, 1.82) is 0 Å². The Kier molecular flexibility index (Phi) is 6.82. The third-order valence-corrected chi connectivity index (χ3v) is 5.37. The zero-order valence-corrected chi connectivity index (χ0v) is 18.0. The molecule has 2 aromatic carbocycles. The number of carbonyl (C=O) groups is 2. The largest absolute Gasteiger partial charge is 0.497 e. The monoisotopic (exact) mass is 411 g/mol. The van der Waals surface area contributed by atoms with Crippen molar-refractivity contribution in [2.24, 2.45) is 0 Å². The van der Waals surface area contributed by atoms with Crippen LogP contribution in [0.15, 0.2) is 42.5 Å². The summed E-state index contributed by atoms with van der Waals surface area (Å²) < 4.78 is 10.9. The Morgan fingerprint density at radius 1 is 1.10 bits per heavy atom. The summed E-state index contributed by atoms with van der Waals surface area (Å²) in [7, 11) is 6.73. The lowest BCUT2D eigenvalue weighted by Crippen LogP contribution is -2.34. The number of likely N-dealkylation sites (N-methyl/N-ethyl adjacent to an activating group) is 1. The molecule has 0 spiro atoms. The van der Waals surface area contributed by atoms with E-state index < -0.39 is 0 Å². The molecule has 1 fully saturated rings. The molecule has 7 heteroatoms. The Morgan fingerprint density at radius 2 is 1.83 bits per heavy atom. The molecule has 1 N–H and O–H groups in total. The summed E-state index contributed by atoms with van der Waals surface area (Å²) in [5.74, 6) is 1.52. The van der Waals surface area contributed by atoms with E-state index in [2.05, 4.69) is 5.32 Å². The molecule has 1 unspecified atom stereocenters. The van der Waals surface area contributed by atoms with Gasteiger partial charge in [0.2, 0.25) is 5.91 Å². The van der Waals surface area contributed by atoms with Crippen LogP contribution < -0.4 is 14.8 Å². The SMILES string of the molecule is COc1ccc(OC)c(C2CCCN2C(=O)Nc2ccc(CC(=O)N(C)C)cc2)c1. The fourth-order valence-electron chi connectivity index (χ4n) is 3.67. The van der Waals surface area contributed by atoms with E-state index in [4.69, 9.17) is 9.47 Å². The average molecular weight is 412 g/mol. The van der Waals surface area contributed by atoms with E-state index in [1.807, 2.05) is 47.4 Å². The number of hydrogen-bond acceptors (Lipinski definition) is 4. The van der Waals surface area contributed by atoms with E-state index in [-0.39, 0.29) is 18.0 Å². The highest BCUT2D eigenvalue weighted by Gasteiger charge is 2.32. The number of anilines is 1. The predicted molar refractivity (Wildman–Crippen MR) is 116 cm³/mol. The second kappa shape index (κ2) is 9.52. The number of nitrogens with zero attached hydrogens (tertiary/aromatic N) is 2. The van der Waals surface area contributed by atoms with E-state index in [0.717, 1.165) is 35.5 Å². The third kappa shape index (κ3) is 4.84. The first-order valence-corrected chi connectivity index (χ1v) is 10.0. The number of likely N-dealkylation sites (tertiary alicyclic amines) is 1. The molecule has 0 aromatic heterocycles. The summed E-state index contributed by atoms with van der Waals surface area (Å²) in [6.45, 7) is 0.673. The van der Waals surface area contributed by atoms with E-state index in [1.54, 1.807) is 33.2 Å². The predicted octanol–water partition coefficient (Wildman–Crippen LogP) is 3.70. The fourth-order valence-corrected chi connectivity index (χ4v) is 3.67. The van der Waals surface area contributed by atoms with Crippen molar-refractivity contribution < 1.29 is 19.1 Å². The van der Waals surface area contributed by atoms with Crippen molar-refractivity contribution in [3.8, 4) is 11.5 Å². The lowest BCUT2D eigenvalue weighted by atomic mass is 10.0. The van der Waals surface area contributed by atoms with Crippen molar-refractivity contribution in [2.75, 3.05) is 40.2 Å². The van der Waals surface area contributed by atoms with Crippen LogP contribution in [0, 0.1) is 0 Å². The lowest BCUT2D eigenvalue weighted by Gasteiger charge is -2.27. The first-order chi connectivity index (χ1) is 14.4. The number of amides is 3. The number of rotatable bonds is 6. The van der Waals surface area contributed by atoms with Crippen LogP contribution in [-0.4, -0.2) is 56.6 Å². The second-order valence-corrected chi connectivity index (χ2v) is 7.55. The molecular formula is C23H29N3O4. The minimum absolute atomic E-state index is 0.0407. The van der Waals surface area contributed by atoms with Crippen molar-refractivity contribution in [3.05, 3.63) is 53.6 Å². The van der Waals surface area contributed by atoms with Crippen LogP contribution in [0.5, 0.6) is 11.5 Å². The zero-order chi connectivity index (χ0) is 21.7. The standard InChI is InChI=1S/C23H29N3O4/c1-25(2)22(27)14-16-7-9-17(10-8-16)24-23(28)26-13-5-6-20(26)19-15-18(29-3)11-12-21(19)30-4/h7-12,15,20H,5-6,13-14H2,1-4H3,(H,24,28). The zero-order valence-electron chi connectivity index (χ0n) is 18.0. The smallest absolute Gasteiger partial charge is 0.322 e. The fraction of sp³-hybridized carbons (Fsp3) is 0.391. The van der Waals surface area contributed by atoms with Crippen molar-refractivity contribution in [3.63, 3.8) is 0 Å². The summed E-state index contributed by atoms with van der Waals surface area (Å²) in [4.78, 5) is 28.2. The Labute approximate surface area is 177 Å². The number of benzene rings is 2. The summed E-state index contributed by atoms with van der Waals surface area (Å²) in [5, 5.41) is 2.97. The van der Waals surface area contributed by atoms with Gasteiger partial charge in [-0.3, -0.25) is 4.79 Å². The van der Waals surface area contributed by atoms with Crippen LogP contribution in [0.4, 0.5) is 10.5 Å². The van der Waals surface area contributed by atoms with Crippen LogP contribution in [0.2, 0.25) is 0 Å². The molecule has 1 aliphatic rings. The van der Waals surface area contributed by atoms with Crippen LogP contribution in [0.25, 0.3) is 0 Å². The van der Waals surface area contributed by atoms with Gasteiger partial charge in [0, 0.05) is 31.9 Å². The molecule has 0 bridgehead atoms. The van der Waals surface area contributed by atoms with Gasteiger partial charge in [0.05, 0.1) is 26.7 Å². The lowest BCUT2D eigenvalue weighted by molar-refractivity contribution is -0.127. The van der Waals surface area contributed by atoms with Gasteiger partial charge in [-0.2, -0.15) is 0 Å². The third-order valence-electron chi connectivity index (χ3n) is 5.37. The maximum Gasteiger partial charge on any atom is 0.322 e.